The Hall–Kier alpha value is -1.30. The van der Waals surface area contributed by atoms with E-state index in [4.69, 9.17) is 9.47 Å². The van der Waals surface area contributed by atoms with Crippen LogP contribution >= 0.6 is 15.9 Å². The number of benzene rings is 1. The second-order valence-corrected chi connectivity index (χ2v) is 3.40. The van der Waals surface area contributed by atoms with Crippen LogP contribution in [0.1, 0.15) is 0 Å². The van der Waals surface area contributed by atoms with Crippen LogP contribution in [0.3, 0.4) is 0 Å². The van der Waals surface area contributed by atoms with Crippen molar-refractivity contribution in [3.63, 3.8) is 0 Å². The Bertz CT molecular complexity index is 384. The fourth-order valence-electron chi connectivity index (χ4n) is 1.14. The highest BCUT2D eigenvalue weighted by atomic mass is 79.9. The second-order valence-electron chi connectivity index (χ2n) is 2.55. The maximum Gasteiger partial charge on any atom is 0.211 e. The third kappa shape index (κ3) is 2.20. The lowest BCUT2D eigenvalue weighted by atomic mass is 10.2. The van der Waals surface area contributed by atoms with Crippen molar-refractivity contribution < 1.29 is 18.7 Å². The Balaban J connectivity index is 3.36. The van der Waals surface area contributed by atoms with Gasteiger partial charge in [0.25, 0.3) is 0 Å². The summed E-state index contributed by atoms with van der Waals surface area (Å²) in [6.45, 7) is 0. The number of ether oxygens (including phenoxy) is 2. The molecule has 0 aliphatic heterocycles. The number of methoxy groups -OCH3 is 2. The molecule has 1 aromatic carbocycles. The van der Waals surface area contributed by atoms with Crippen LogP contribution in [0, 0.1) is 5.82 Å². The summed E-state index contributed by atoms with van der Waals surface area (Å²) in [5.41, 5.74) is 0.234. The van der Waals surface area contributed by atoms with E-state index < -0.39 is 5.82 Å². The molecule has 0 aliphatic carbocycles. The molecule has 0 atom stereocenters. The van der Waals surface area contributed by atoms with Gasteiger partial charge in [-0.3, -0.25) is 4.79 Å². The zero-order chi connectivity index (χ0) is 11.4. The van der Waals surface area contributed by atoms with Crippen molar-refractivity contribution in [3.05, 3.63) is 16.4 Å². The number of amides is 1. The Morgan fingerprint density at radius 2 is 2.00 bits per heavy atom. The summed E-state index contributed by atoms with van der Waals surface area (Å²) < 4.78 is 23.7. The lowest BCUT2D eigenvalue weighted by molar-refractivity contribution is -0.105. The minimum atomic E-state index is -0.668. The van der Waals surface area contributed by atoms with Crippen molar-refractivity contribution in [1.82, 2.24) is 0 Å². The first-order valence-electron chi connectivity index (χ1n) is 3.95. The zero-order valence-electron chi connectivity index (χ0n) is 8.14. The molecule has 0 heterocycles. The molecule has 0 unspecified atom stereocenters. The molecule has 0 bridgehead atoms. The predicted molar refractivity (Wildman–Crippen MR) is 56.9 cm³/mol. The monoisotopic (exact) mass is 277 g/mol. The Morgan fingerprint density at radius 3 is 2.47 bits per heavy atom. The average Bonchev–Trinajstić information content (AvgIpc) is 2.19. The molecule has 1 N–H and O–H groups in total. The molecule has 6 heteroatoms. The van der Waals surface area contributed by atoms with Crippen LogP contribution in [0.2, 0.25) is 0 Å². The molecule has 4 nitrogen and oxygen atoms in total. The van der Waals surface area contributed by atoms with Gasteiger partial charge in [0, 0.05) is 0 Å². The number of hydrogen-bond acceptors (Lipinski definition) is 3. The summed E-state index contributed by atoms with van der Waals surface area (Å²) in [6, 6.07) is 1.50. The van der Waals surface area contributed by atoms with Crippen LogP contribution < -0.4 is 14.8 Å². The van der Waals surface area contributed by atoms with Gasteiger partial charge < -0.3 is 14.8 Å². The summed E-state index contributed by atoms with van der Waals surface area (Å²) in [5.74, 6) is -0.704. The van der Waals surface area contributed by atoms with Crippen LogP contribution in [-0.2, 0) is 4.79 Å². The Kier molecular flexibility index (Phi) is 3.90. The fraction of sp³-hybridized carbons (Fsp3) is 0.222. The molecule has 0 aliphatic rings. The highest BCUT2D eigenvalue weighted by Crippen LogP contribution is 2.39. The van der Waals surface area contributed by atoms with Gasteiger partial charge in [-0.15, -0.1) is 0 Å². The summed E-state index contributed by atoms with van der Waals surface area (Å²) in [4.78, 5) is 10.3. The smallest absolute Gasteiger partial charge is 0.211 e. The highest BCUT2D eigenvalue weighted by Gasteiger charge is 2.18. The number of halogens is 2. The number of anilines is 1. The molecule has 1 amide bonds. The van der Waals surface area contributed by atoms with Gasteiger partial charge in [0.05, 0.1) is 24.4 Å². The van der Waals surface area contributed by atoms with E-state index in [9.17, 15) is 9.18 Å². The van der Waals surface area contributed by atoms with Gasteiger partial charge in [0.15, 0.2) is 11.5 Å². The molecular formula is C9H9BrFNO3. The fourth-order valence-corrected chi connectivity index (χ4v) is 1.71. The second kappa shape index (κ2) is 4.97. The molecule has 0 aromatic heterocycles. The normalized spacial score (nSPS) is 9.60. The third-order valence-corrected chi connectivity index (χ3v) is 2.34. The first kappa shape index (κ1) is 11.8. The maximum absolute atomic E-state index is 13.7. The molecule has 0 radical (unpaired) electrons. The molecule has 0 spiro atoms. The van der Waals surface area contributed by atoms with Crippen LogP contribution in [0.25, 0.3) is 0 Å². The predicted octanol–water partition coefficient (Wildman–Crippen LogP) is 2.17. The largest absolute Gasteiger partial charge is 0.492 e. The van der Waals surface area contributed by atoms with E-state index in [-0.39, 0.29) is 17.2 Å². The van der Waals surface area contributed by atoms with Crippen molar-refractivity contribution in [2.75, 3.05) is 19.5 Å². The van der Waals surface area contributed by atoms with E-state index in [1.807, 2.05) is 0 Å². The van der Waals surface area contributed by atoms with Crippen LogP contribution in [0.15, 0.2) is 10.5 Å². The zero-order valence-corrected chi connectivity index (χ0v) is 9.72. The SMILES string of the molecule is COc1c(Br)cc(NC=O)c(OC)c1F. The third-order valence-electron chi connectivity index (χ3n) is 1.75. The van der Waals surface area contributed by atoms with Crippen molar-refractivity contribution in [2.45, 2.75) is 0 Å². The first-order chi connectivity index (χ1) is 7.15. The van der Waals surface area contributed by atoms with Gasteiger partial charge in [-0.1, -0.05) is 0 Å². The summed E-state index contributed by atoms with van der Waals surface area (Å²) in [5, 5.41) is 2.33. The van der Waals surface area contributed by atoms with E-state index in [0.717, 1.165) is 0 Å². The molecule has 0 fully saturated rings. The van der Waals surface area contributed by atoms with Gasteiger partial charge in [0.2, 0.25) is 12.2 Å². The van der Waals surface area contributed by atoms with Crippen molar-refractivity contribution >= 4 is 28.0 Å². The van der Waals surface area contributed by atoms with E-state index in [1.165, 1.54) is 20.3 Å². The average molecular weight is 278 g/mol. The molecule has 15 heavy (non-hydrogen) atoms. The molecular weight excluding hydrogens is 269 g/mol. The van der Waals surface area contributed by atoms with Gasteiger partial charge in [-0.2, -0.15) is 4.39 Å². The number of hydrogen-bond donors (Lipinski definition) is 1. The molecule has 1 rings (SSSR count). The number of rotatable bonds is 4. The summed E-state index contributed by atoms with van der Waals surface area (Å²) in [6.07, 6.45) is 0.441. The van der Waals surface area contributed by atoms with E-state index in [0.29, 0.717) is 10.9 Å². The van der Waals surface area contributed by atoms with Crippen LogP contribution in [-0.4, -0.2) is 20.6 Å². The van der Waals surface area contributed by atoms with Gasteiger partial charge in [-0.05, 0) is 22.0 Å². The van der Waals surface area contributed by atoms with Crippen molar-refractivity contribution in [1.29, 1.82) is 0 Å². The lowest BCUT2D eigenvalue weighted by Crippen LogP contribution is -2.01. The lowest BCUT2D eigenvalue weighted by Gasteiger charge is -2.12. The Morgan fingerprint density at radius 1 is 1.40 bits per heavy atom. The van der Waals surface area contributed by atoms with E-state index in [2.05, 4.69) is 21.2 Å². The van der Waals surface area contributed by atoms with E-state index in [1.54, 1.807) is 0 Å². The van der Waals surface area contributed by atoms with Crippen molar-refractivity contribution in [2.24, 2.45) is 0 Å². The van der Waals surface area contributed by atoms with Crippen LogP contribution in [0.5, 0.6) is 11.5 Å². The van der Waals surface area contributed by atoms with Crippen LogP contribution in [0.4, 0.5) is 10.1 Å². The molecule has 82 valence electrons. The summed E-state index contributed by atoms with van der Waals surface area (Å²) in [7, 11) is 2.65. The van der Waals surface area contributed by atoms with Gasteiger partial charge >= 0.3 is 0 Å². The molecule has 0 saturated heterocycles. The minimum absolute atomic E-state index is 0.0308. The standard InChI is InChI=1S/C9H9BrFNO3/c1-14-8-5(10)3-6(12-4-13)9(15-2)7(8)11/h3-4H,1-2H3,(H,12,13). The van der Waals surface area contributed by atoms with E-state index >= 15 is 0 Å². The first-order valence-corrected chi connectivity index (χ1v) is 4.75. The molecule has 1 aromatic rings. The Labute approximate surface area is 94.5 Å². The van der Waals surface area contributed by atoms with Gasteiger partial charge in [0.1, 0.15) is 0 Å². The topological polar surface area (TPSA) is 47.6 Å². The molecule has 0 saturated carbocycles. The number of carbonyl (C=O) groups excluding carboxylic acids is 1. The number of carbonyl (C=O) groups is 1. The number of nitrogens with one attached hydrogen (secondary N) is 1. The van der Waals surface area contributed by atoms with Gasteiger partial charge in [-0.25, -0.2) is 0 Å². The summed E-state index contributed by atoms with van der Waals surface area (Å²) >= 11 is 3.11. The highest BCUT2D eigenvalue weighted by molar-refractivity contribution is 9.10. The minimum Gasteiger partial charge on any atom is -0.492 e. The van der Waals surface area contributed by atoms with Crippen molar-refractivity contribution in [3.8, 4) is 11.5 Å². The maximum atomic E-state index is 13.7. The quantitative estimate of drug-likeness (QED) is 0.859.